The summed E-state index contributed by atoms with van der Waals surface area (Å²) >= 11 is 6.17. The summed E-state index contributed by atoms with van der Waals surface area (Å²) in [5.74, 6) is 1.90. The number of halogens is 1. The number of methoxy groups -OCH3 is 1. The molecular weight excluding hydrogens is 364 g/mol. The van der Waals surface area contributed by atoms with E-state index < -0.39 is 0 Å². The molecule has 1 atom stereocenters. The first-order valence-corrected chi connectivity index (χ1v) is 9.07. The summed E-state index contributed by atoms with van der Waals surface area (Å²) in [7, 11) is 1.62. The van der Waals surface area contributed by atoms with Crippen molar-refractivity contribution in [1.82, 2.24) is 10.3 Å². The summed E-state index contributed by atoms with van der Waals surface area (Å²) in [6.45, 7) is 1.91. The van der Waals surface area contributed by atoms with Gasteiger partial charge in [0.15, 0.2) is 11.7 Å². The van der Waals surface area contributed by atoms with Crippen molar-refractivity contribution in [2.45, 2.75) is 25.8 Å². The molecule has 0 aliphatic rings. The Bertz CT molecular complexity index is 906. The van der Waals surface area contributed by atoms with Gasteiger partial charge in [-0.2, -0.15) is 0 Å². The molecule has 27 heavy (non-hydrogen) atoms. The van der Waals surface area contributed by atoms with E-state index in [9.17, 15) is 4.79 Å². The topological polar surface area (TPSA) is 64.4 Å². The largest absolute Gasteiger partial charge is 0.497 e. The van der Waals surface area contributed by atoms with Gasteiger partial charge in [0, 0.05) is 23.4 Å². The number of carbonyl (C=O) groups excluding carboxylic acids is 1. The average molecular weight is 385 g/mol. The first-order chi connectivity index (χ1) is 13.1. The molecule has 0 saturated carbocycles. The summed E-state index contributed by atoms with van der Waals surface area (Å²) in [4.78, 5) is 16.5. The van der Waals surface area contributed by atoms with Gasteiger partial charge in [0.05, 0.1) is 19.3 Å². The Morgan fingerprint density at radius 1 is 1.22 bits per heavy atom. The molecule has 0 fully saturated rings. The minimum atomic E-state index is -0.161. The zero-order valence-electron chi connectivity index (χ0n) is 15.2. The maximum atomic E-state index is 12.2. The Morgan fingerprint density at radius 3 is 2.67 bits per heavy atom. The Balaban J connectivity index is 1.55. The molecule has 1 N–H and O–H groups in total. The molecule has 0 radical (unpaired) electrons. The van der Waals surface area contributed by atoms with E-state index in [4.69, 9.17) is 20.8 Å². The molecule has 0 aliphatic carbocycles. The predicted molar refractivity (Wildman–Crippen MR) is 105 cm³/mol. The summed E-state index contributed by atoms with van der Waals surface area (Å²) in [5, 5.41) is 3.59. The van der Waals surface area contributed by atoms with Crippen LogP contribution in [-0.4, -0.2) is 18.0 Å². The van der Waals surface area contributed by atoms with Gasteiger partial charge in [0.25, 0.3) is 0 Å². The van der Waals surface area contributed by atoms with Crippen LogP contribution >= 0.6 is 11.6 Å². The lowest BCUT2D eigenvalue weighted by Gasteiger charge is -2.15. The van der Waals surface area contributed by atoms with Crippen molar-refractivity contribution in [1.29, 1.82) is 0 Å². The number of ether oxygens (including phenoxy) is 1. The molecule has 1 heterocycles. The smallest absolute Gasteiger partial charge is 0.220 e. The Kier molecular flexibility index (Phi) is 6.14. The van der Waals surface area contributed by atoms with Gasteiger partial charge in [-0.25, -0.2) is 4.98 Å². The van der Waals surface area contributed by atoms with Gasteiger partial charge < -0.3 is 14.5 Å². The minimum Gasteiger partial charge on any atom is -0.497 e. The minimum absolute atomic E-state index is 0.0772. The Morgan fingerprint density at radius 2 is 1.96 bits per heavy atom. The fourth-order valence-electron chi connectivity index (χ4n) is 2.75. The maximum absolute atomic E-state index is 12.2. The molecule has 5 nitrogen and oxygen atoms in total. The van der Waals surface area contributed by atoms with E-state index in [1.165, 1.54) is 0 Å². The van der Waals surface area contributed by atoms with Crippen molar-refractivity contribution in [3.63, 3.8) is 0 Å². The zero-order valence-corrected chi connectivity index (χ0v) is 16.0. The molecule has 0 spiro atoms. The standard InChI is InChI=1S/C21H21ClN2O3/c1-14(17-5-3-4-6-18(17)22)24-20(25)11-12-21-23-13-19(27-21)15-7-9-16(26-2)10-8-15/h3-10,13-14H,11-12H2,1-2H3,(H,24,25). The summed E-state index contributed by atoms with van der Waals surface area (Å²) in [6, 6.07) is 14.9. The molecule has 140 valence electrons. The quantitative estimate of drug-likeness (QED) is 0.634. The highest BCUT2D eigenvalue weighted by molar-refractivity contribution is 6.31. The SMILES string of the molecule is COc1ccc(-c2cnc(CCC(=O)NC(C)c3ccccc3Cl)o2)cc1. The first kappa shape index (κ1) is 19.0. The van der Waals surface area contributed by atoms with Crippen LogP contribution in [-0.2, 0) is 11.2 Å². The van der Waals surface area contributed by atoms with E-state index in [0.717, 1.165) is 16.9 Å². The van der Waals surface area contributed by atoms with E-state index in [1.54, 1.807) is 13.3 Å². The van der Waals surface area contributed by atoms with Crippen LogP contribution in [0.3, 0.4) is 0 Å². The lowest BCUT2D eigenvalue weighted by molar-refractivity contribution is -0.121. The van der Waals surface area contributed by atoms with Crippen molar-refractivity contribution < 1.29 is 13.9 Å². The van der Waals surface area contributed by atoms with E-state index in [0.29, 0.717) is 23.1 Å². The Hall–Kier alpha value is -2.79. The van der Waals surface area contributed by atoms with Gasteiger partial charge in [-0.3, -0.25) is 4.79 Å². The third-order valence-corrected chi connectivity index (χ3v) is 4.59. The fourth-order valence-corrected chi connectivity index (χ4v) is 3.05. The van der Waals surface area contributed by atoms with E-state index in [1.807, 2.05) is 55.5 Å². The maximum Gasteiger partial charge on any atom is 0.220 e. The van der Waals surface area contributed by atoms with Crippen molar-refractivity contribution >= 4 is 17.5 Å². The van der Waals surface area contributed by atoms with Crippen LogP contribution in [0.1, 0.15) is 30.8 Å². The van der Waals surface area contributed by atoms with Crippen LogP contribution < -0.4 is 10.1 Å². The molecule has 6 heteroatoms. The van der Waals surface area contributed by atoms with Crippen LogP contribution in [0.2, 0.25) is 5.02 Å². The number of amides is 1. The van der Waals surface area contributed by atoms with Gasteiger partial charge in [-0.1, -0.05) is 29.8 Å². The fraction of sp³-hybridized carbons (Fsp3) is 0.238. The highest BCUT2D eigenvalue weighted by atomic mass is 35.5. The predicted octanol–water partition coefficient (Wildman–Crippen LogP) is 4.81. The number of nitrogens with zero attached hydrogens (tertiary/aromatic N) is 1. The number of nitrogens with one attached hydrogen (secondary N) is 1. The number of hydrogen-bond acceptors (Lipinski definition) is 4. The highest BCUT2D eigenvalue weighted by Gasteiger charge is 2.14. The number of hydrogen-bond donors (Lipinski definition) is 1. The second kappa shape index (κ2) is 8.73. The summed E-state index contributed by atoms with van der Waals surface area (Å²) in [6.07, 6.45) is 2.38. The van der Waals surface area contributed by atoms with Gasteiger partial charge in [-0.15, -0.1) is 0 Å². The lowest BCUT2D eigenvalue weighted by atomic mass is 10.1. The van der Waals surface area contributed by atoms with Gasteiger partial charge in [-0.05, 0) is 42.8 Å². The van der Waals surface area contributed by atoms with Crippen LogP contribution in [0.4, 0.5) is 0 Å². The van der Waals surface area contributed by atoms with Crippen molar-refractivity contribution in [3.8, 4) is 17.1 Å². The molecule has 0 bridgehead atoms. The third kappa shape index (κ3) is 4.89. The average Bonchev–Trinajstić information content (AvgIpc) is 3.16. The van der Waals surface area contributed by atoms with Crippen molar-refractivity contribution in [2.24, 2.45) is 0 Å². The first-order valence-electron chi connectivity index (χ1n) is 8.69. The van der Waals surface area contributed by atoms with Crippen molar-refractivity contribution in [2.75, 3.05) is 7.11 Å². The molecule has 1 aromatic heterocycles. The van der Waals surface area contributed by atoms with Crippen LogP contribution in [0.15, 0.2) is 59.1 Å². The van der Waals surface area contributed by atoms with E-state index >= 15 is 0 Å². The Labute approximate surface area is 163 Å². The molecular formula is C21H21ClN2O3. The number of benzene rings is 2. The molecule has 3 aromatic rings. The molecule has 2 aromatic carbocycles. The molecule has 0 saturated heterocycles. The molecule has 1 amide bonds. The zero-order chi connectivity index (χ0) is 19.2. The second-order valence-corrected chi connectivity index (χ2v) is 6.56. The number of aromatic nitrogens is 1. The second-order valence-electron chi connectivity index (χ2n) is 6.16. The van der Waals surface area contributed by atoms with Crippen LogP contribution in [0.5, 0.6) is 5.75 Å². The van der Waals surface area contributed by atoms with Crippen LogP contribution in [0.25, 0.3) is 11.3 Å². The third-order valence-electron chi connectivity index (χ3n) is 4.24. The summed E-state index contributed by atoms with van der Waals surface area (Å²) in [5.41, 5.74) is 1.80. The molecule has 1 unspecified atom stereocenters. The highest BCUT2D eigenvalue weighted by Crippen LogP contribution is 2.24. The lowest BCUT2D eigenvalue weighted by Crippen LogP contribution is -2.27. The number of aryl methyl sites for hydroxylation is 1. The summed E-state index contributed by atoms with van der Waals surface area (Å²) < 4.78 is 10.9. The van der Waals surface area contributed by atoms with Gasteiger partial charge in [0.2, 0.25) is 5.91 Å². The monoisotopic (exact) mass is 384 g/mol. The van der Waals surface area contributed by atoms with Crippen LogP contribution in [0, 0.1) is 0 Å². The van der Waals surface area contributed by atoms with Gasteiger partial charge >= 0.3 is 0 Å². The number of carbonyl (C=O) groups is 1. The molecule has 3 rings (SSSR count). The molecule has 0 aliphatic heterocycles. The normalized spacial score (nSPS) is 11.8. The van der Waals surface area contributed by atoms with E-state index in [2.05, 4.69) is 10.3 Å². The number of oxazole rings is 1. The van der Waals surface area contributed by atoms with E-state index in [-0.39, 0.29) is 18.4 Å². The number of rotatable bonds is 7. The van der Waals surface area contributed by atoms with Crippen molar-refractivity contribution in [3.05, 3.63) is 71.2 Å². The van der Waals surface area contributed by atoms with Gasteiger partial charge in [0.1, 0.15) is 5.75 Å².